The van der Waals surface area contributed by atoms with Crippen molar-refractivity contribution >= 4 is 0 Å². The maximum Gasteiger partial charge on any atom is 0.421 e. The zero-order chi connectivity index (χ0) is 9.35. The van der Waals surface area contributed by atoms with Crippen LogP contribution in [0.4, 0.5) is 13.2 Å². The maximum absolute atomic E-state index is 11.8. The minimum Gasteiger partial charge on any atom is -0.463 e. The molecule has 5 heteroatoms. The molecule has 12 heavy (non-hydrogen) atoms. The molecule has 1 aromatic rings. The molecule has 0 aliphatic carbocycles. The molecule has 0 amide bonds. The number of alkyl halides is 3. The average Bonchev–Trinajstić information content (AvgIpc) is 2.32. The number of aliphatic hydroxyl groups is 1. The fraction of sp³-hybridized carbons (Fsp3) is 0.429. The minimum atomic E-state index is -4.66. The first kappa shape index (κ1) is 9.12. The molecule has 1 rings (SSSR count). The molecule has 0 saturated carbocycles. The number of furan rings is 1. The monoisotopic (exact) mass is 180 g/mol. The zero-order valence-electron chi connectivity index (χ0n) is 6.22. The fourth-order valence-electron chi connectivity index (χ4n) is 0.762. The Morgan fingerprint density at radius 3 is 2.33 bits per heavy atom. The molecular formula is C7H7F3O2. The van der Waals surface area contributed by atoms with Gasteiger partial charge < -0.3 is 9.52 Å². The number of aryl methyl sites for hydroxylation is 1. The van der Waals surface area contributed by atoms with Crippen molar-refractivity contribution in [2.24, 2.45) is 0 Å². The Bertz CT molecular complexity index is 264. The molecule has 0 aliphatic heterocycles. The van der Waals surface area contributed by atoms with Crippen molar-refractivity contribution in [3.05, 3.63) is 23.7 Å². The number of hydrogen-bond donors (Lipinski definition) is 1. The fourth-order valence-corrected chi connectivity index (χ4v) is 0.762. The molecule has 0 aromatic carbocycles. The van der Waals surface area contributed by atoms with E-state index in [-0.39, 0.29) is 0 Å². The predicted octanol–water partition coefficient (Wildman–Crippen LogP) is 2.18. The summed E-state index contributed by atoms with van der Waals surface area (Å²) < 4.78 is 40.1. The highest BCUT2D eigenvalue weighted by molar-refractivity contribution is 5.09. The van der Waals surface area contributed by atoms with Crippen LogP contribution in [-0.2, 0) is 0 Å². The van der Waals surface area contributed by atoms with Crippen LogP contribution in [0.25, 0.3) is 0 Å². The van der Waals surface area contributed by atoms with E-state index in [2.05, 4.69) is 4.42 Å². The largest absolute Gasteiger partial charge is 0.463 e. The van der Waals surface area contributed by atoms with Crippen LogP contribution in [0.15, 0.2) is 16.5 Å². The highest BCUT2D eigenvalue weighted by Crippen LogP contribution is 2.32. The quantitative estimate of drug-likeness (QED) is 0.718. The third kappa shape index (κ3) is 1.79. The maximum atomic E-state index is 11.8. The molecule has 1 atom stereocenters. The third-order valence-corrected chi connectivity index (χ3v) is 1.34. The van der Waals surface area contributed by atoms with E-state index in [1.54, 1.807) is 0 Å². The standard InChI is InChI=1S/C7H7F3O2/c1-4-2-3-5(12-4)6(11)7(8,9)10/h2-3,6,11H,1H3/t6-/m1/s1. The van der Waals surface area contributed by atoms with E-state index >= 15 is 0 Å². The van der Waals surface area contributed by atoms with Crippen molar-refractivity contribution in [3.8, 4) is 0 Å². The Balaban J connectivity index is 2.85. The van der Waals surface area contributed by atoms with Gasteiger partial charge in [0.1, 0.15) is 11.5 Å². The van der Waals surface area contributed by atoms with E-state index in [9.17, 15) is 13.2 Å². The summed E-state index contributed by atoms with van der Waals surface area (Å²) in [6.45, 7) is 1.51. The first-order valence-electron chi connectivity index (χ1n) is 3.22. The molecule has 68 valence electrons. The second kappa shape index (κ2) is 2.82. The molecule has 2 nitrogen and oxygen atoms in total. The van der Waals surface area contributed by atoms with Crippen LogP contribution in [-0.4, -0.2) is 11.3 Å². The molecule has 1 N–H and O–H groups in total. The van der Waals surface area contributed by atoms with Crippen molar-refractivity contribution in [2.45, 2.75) is 19.2 Å². The van der Waals surface area contributed by atoms with Gasteiger partial charge in [0, 0.05) is 0 Å². The van der Waals surface area contributed by atoms with E-state index in [0.29, 0.717) is 5.76 Å². The van der Waals surface area contributed by atoms with E-state index < -0.39 is 18.0 Å². The Morgan fingerprint density at radius 2 is 2.00 bits per heavy atom. The van der Waals surface area contributed by atoms with Crippen molar-refractivity contribution in [2.75, 3.05) is 0 Å². The molecule has 0 spiro atoms. The van der Waals surface area contributed by atoms with E-state index in [0.717, 1.165) is 6.07 Å². The van der Waals surface area contributed by atoms with Crippen molar-refractivity contribution in [3.63, 3.8) is 0 Å². The topological polar surface area (TPSA) is 33.4 Å². The predicted molar refractivity (Wildman–Crippen MR) is 34.5 cm³/mol. The first-order valence-corrected chi connectivity index (χ1v) is 3.22. The molecule has 0 unspecified atom stereocenters. The van der Waals surface area contributed by atoms with E-state index in [1.165, 1.54) is 13.0 Å². The Hall–Kier alpha value is -0.970. The van der Waals surface area contributed by atoms with Crippen LogP contribution in [0.1, 0.15) is 17.6 Å². The smallest absolute Gasteiger partial charge is 0.421 e. The molecular weight excluding hydrogens is 173 g/mol. The molecule has 0 saturated heterocycles. The lowest BCUT2D eigenvalue weighted by molar-refractivity contribution is -0.211. The Kier molecular flexibility index (Phi) is 2.14. The summed E-state index contributed by atoms with van der Waals surface area (Å²) in [5, 5.41) is 8.65. The molecule has 0 aliphatic rings. The highest BCUT2D eigenvalue weighted by atomic mass is 19.4. The normalized spacial score (nSPS) is 14.8. The molecule has 0 fully saturated rings. The molecule has 1 heterocycles. The minimum absolute atomic E-state index is 0.341. The summed E-state index contributed by atoms with van der Waals surface area (Å²) in [4.78, 5) is 0. The number of rotatable bonds is 1. The van der Waals surface area contributed by atoms with Crippen molar-refractivity contribution in [1.82, 2.24) is 0 Å². The van der Waals surface area contributed by atoms with Crippen LogP contribution in [0, 0.1) is 6.92 Å². The second-order valence-corrected chi connectivity index (χ2v) is 2.39. The van der Waals surface area contributed by atoms with Gasteiger partial charge in [0.15, 0.2) is 0 Å². The summed E-state index contributed by atoms with van der Waals surface area (Å²) in [5.74, 6) is -0.131. The van der Waals surface area contributed by atoms with Crippen LogP contribution in [0.5, 0.6) is 0 Å². The zero-order valence-corrected chi connectivity index (χ0v) is 6.22. The summed E-state index contributed by atoms with van der Waals surface area (Å²) in [6.07, 6.45) is -7.18. The second-order valence-electron chi connectivity index (χ2n) is 2.39. The van der Waals surface area contributed by atoms with Gasteiger partial charge in [0.25, 0.3) is 0 Å². The van der Waals surface area contributed by atoms with E-state index in [1.807, 2.05) is 0 Å². The van der Waals surface area contributed by atoms with Crippen LogP contribution in [0.2, 0.25) is 0 Å². The Labute approximate surface area is 66.6 Å². The lowest BCUT2D eigenvalue weighted by Crippen LogP contribution is -2.19. The van der Waals surface area contributed by atoms with Gasteiger partial charge in [-0.2, -0.15) is 13.2 Å². The van der Waals surface area contributed by atoms with Gasteiger partial charge in [-0.15, -0.1) is 0 Å². The first-order chi connectivity index (χ1) is 5.41. The van der Waals surface area contributed by atoms with Gasteiger partial charge in [-0.3, -0.25) is 0 Å². The summed E-state index contributed by atoms with van der Waals surface area (Å²) in [7, 11) is 0. The van der Waals surface area contributed by atoms with Crippen LogP contribution in [0.3, 0.4) is 0 Å². The van der Waals surface area contributed by atoms with Gasteiger partial charge >= 0.3 is 6.18 Å². The average molecular weight is 180 g/mol. The van der Waals surface area contributed by atoms with Crippen LogP contribution >= 0.6 is 0 Å². The highest BCUT2D eigenvalue weighted by Gasteiger charge is 2.41. The Morgan fingerprint density at radius 1 is 1.42 bits per heavy atom. The van der Waals surface area contributed by atoms with Gasteiger partial charge in [-0.25, -0.2) is 0 Å². The summed E-state index contributed by atoms with van der Waals surface area (Å²) in [6, 6.07) is 2.47. The van der Waals surface area contributed by atoms with Gasteiger partial charge in [-0.1, -0.05) is 0 Å². The molecule has 1 aromatic heterocycles. The SMILES string of the molecule is Cc1ccc([C@@H](O)C(F)(F)F)o1. The van der Waals surface area contributed by atoms with Crippen LogP contribution < -0.4 is 0 Å². The van der Waals surface area contributed by atoms with Gasteiger partial charge in [0.2, 0.25) is 6.10 Å². The summed E-state index contributed by atoms with van der Waals surface area (Å²) in [5.41, 5.74) is 0. The van der Waals surface area contributed by atoms with Gasteiger partial charge in [-0.05, 0) is 19.1 Å². The van der Waals surface area contributed by atoms with Crippen molar-refractivity contribution < 1.29 is 22.7 Å². The number of halogens is 3. The summed E-state index contributed by atoms with van der Waals surface area (Å²) >= 11 is 0. The van der Waals surface area contributed by atoms with E-state index in [4.69, 9.17) is 5.11 Å². The number of hydrogen-bond acceptors (Lipinski definition) is 2. The molecule has 0 bridgehead atoms. The number of aliphatic hydroxyl groups excluding tert-OH is 1. The lowest BCUT2D eigenvalue weighted by Gasteiger charge is -2.11. The lowest BCUT2D eigenvalue weighted by atomic mass is 10.3. The van der Waals surface area contributed by atoms with Gasteiger partial charge in [0.05, 0.1) is 0 Å². The third-order valence-electron chi connectivity index (χ3n) is 1.34. The molecule has 0 radical (unpaired) electrons. The van der Waals surface area contributed by atoms with Crippen molar-refractivity contribution in [1.29, 1.82) is 0 Å².